The summed E-state index contributed by atoms with van der Waals surface area (Å²) >= 11 is 0. The van der Waals surface area contributed by atoms with Crippen molar-refractivity contribution < 1.29 is 8.42 Å². The van der Waals surface area contributed by atoms with Gasteiger partial charge in [-0.05, 0) is 30.5 Å². The van der Waals surface area contributed by atoms with Crippen molar-refractivity contribution in [1.82, 2.24) is 0 Å². The molecule has 78 valence electrons. The van der Waals surface area contributed by atoms with Crippen LogP contribution in [-0.2, 0) is 16.3 Å². The van der Waals surface area contributed by atoms with Gasteiger partial charge in [0.25, 0.3) is 0 Å². The summed E-state index contributed by atoms with van der Waals surface area (Å²) in [7, 11) is -3.08. The lowest BCUT2D eigenvalue weighted by Crippen LogP contribution is -2.02. The van der Waals surface area contributed by atoms with Crippen molar-refractivity contribution in [3.8, 4) is 0 Å². The minimum absolute atomic E-state index is 0.486. The summed E-state index contributed by atoms with van der Waals surface area (Å²) in [6, 6.07) is 5.62. The minimum atomic E-state index is -3.08. The Morgan fingerprint density at radius 1 is 1.29 bits per heavy atom. The minimum Gasteiger partial charge on any atom is -0.224 e. The van der Waals surface area contributed by atoms with Crippen LogP contribution in [0.3, 0.4) is 0 Å². The van der Waals surface area contributed by atoms with Gasteiger partial charge in [0.05, 0.1) is 4.90 Å². The quantitative estimate of drug-likeness (QED) is 0.770. The van der Waals surface area contributed by atoms with E-state index in [2.05, 4.69) is 0 Å². The molecular weight excluding hydrogens is 196 g/mol. The number of hydrogen-bond donors (Lipinski definition) is 0. The number of hydrogen-bond acceptors (Lipinski definition) is 2. The third-order valence-corrected chi connectivity index (χ3v) is 3.32. The molecule has 1 aromatic rings. The molecule has 14 heavy (non-hydrogen) atoms. The van der Waals surface area contributed by atoms with Crippen molar-refractivity contribution in [2.45, 2.75) is 31.6 Å². The molecule has 0 spiro atoms. The molecule has 1 aromatic carbocycles. The van der Waals surface area contributed by atoms with E-state index >= 15 is 0 Å². The Hall–Kier alpha value is -0.830. The van der Waals surface area contributed by atoms with E-state index in [1.165, 1.54) is 6.26 Å². The molecule has 0 heterocycles. The average Bonchev–Trinajstić information content (AvgIpc) is 2.07. The molecule has 0 bridgehead atoms. The van der Waals surface area contributed by atoms with Gasteiger partial charge in [0, 0.05) is 6.26 Å². The smallest absolute Gasteiger partial charge is 0.175 e. The van der Waals surface area contributed by atoms with Crippen LogP contribution in [0.5, 0.6) is 0 Å². The van der Waals surface area contributed by atoms with E-state index in [1.54, 1.807) is 6.07 Å². The van der Waals surface area contributed by atoms with Gasteiger partial charge in [-0.3, -0.25) is 0 Å². The van der Waals surface area contributed by atoms with Gasteiger partial charge < -0.3 is 0 Å². The van der Waals surface area contributed by atoms with Gasteiger partial charge in [0.1, 0.15) is 0 Å². The molecule has 0 saturated carbocycles. The molecule has 0 aromatic heterocycles. The first kappa shape index (κ1) is 11.2. The molecule has 0 aliphatic carbocycles. The topological polar surface area (TPSA) is 34.1 Å². The van der Waals surface area contributed by atoms with Crippen LogP contribution >= 0.6 is 0 Å². The molecule has 0 atom stereocenters. The highest BCUT2D eigenvalue weighted by molar-refractivity contribution is 7.90. The molecule has 2 nitrogen and oxygen atoms in total. The highest BCUT2D eigenvalue weighted by Gasteiger charge is 2.12. The van der Waals surface area contributed by atoms with Crippen LogP contribution in [0, 0.1) is 6.92 Å². The van der Waals surface area contributed by atoms with Gasteiger partial charge in [-0.1, -0.05) is 25.5 Å². The summed E-state index contributed by atoms with van der Waals surface area (Å²) in [6.45, 7) is 3.95. The molecule has 0 fully saturated rings. The maximum Gasteiger partial charge on any atom is 0.175 e. The fourth-order valence-corrected chi connectivity index (χ4v) is 2.53. The van der Waals surface area contributed by atoms with E-state index in [4.69, 9.17) is 0 Å². The van der Waals surface area contributed by atoms with Crippen molar-refractivity contribution in [3.63, 3.8) is 0 Å². The zero-order chi connectivity index (χ0) is 10.8. The van der Waals surface area contributed by atoms with Crippen molar-refractivity contribution in [3.05, 3.63) is 29.3 Å². The maximum atomic E-state index is 11.5. The fourth-order valence-electron chi connectivity index (χ4n) is 1.48. The summed E-state index contributed by atoms with van der Waals surface area (Å²) in [4.78, 5) is 0.486. The SMILES string of the molecule is CCCc1ccc(C)cc1S(C)(=O)=O. The van der Waals surface area contributed by atoms with E-state index in [1.807, 2.05) is 26.0 Å². The fraction of sp³-hybridized carbons (Fsp3) is 0.455. The Balaban J connectivity index is 3.30. The van der Waals surface area contributed by atoms with Crippen LogP contribution in [0.2, 0.25) is 0 Å². The first-order valence-corrected chi connectivity index (χ1v) is 6.64. The first-order valence-electron chi connectivity index (χ1n) is 4.74. The van der Waals surface area contributed by atoms with Crippen LogP contribution in [0.25, 0.3) is 0 Å². The summed E-state index contributed by atoms with van der Waals surface area (Å²) < 4.78 is 23.0. The molecule has 1 rings (SSSR count). The Bertz CT molecular complexity index is 419. The normalized spacial score (nSPS) is 11.6. The Morgan fingerprint density at radius 3 is 2.43 bits per heavy atom. The summed E-state index contributed by atoms with van der Waals surface area (Å²) in [6.07, 6.45) is 3.05. The predicted molar refractivity (Wildman–Crippen MR) is 58.3 cm³/mol. The predicted octanol–water partition coefficient (Wildman–Crippen LogP) is 2.35. The second-order valence-corrected chi connectivity index (χ2v) is 5.62. The zero-order valence-electron chi connectivity index (χ0n) is 8.87. The molecule has 0 radical (unpaired) electrons. The third-order valence-electron chi connectivity index (χ3n) is 2.14. The number of rotatable bonds is 3. The van der Waals surface area contributed by atoms with Gasteiger partial charge in [0.15, 0.2) is 9.84 Å². The number of benzene rings is 1. The molecule has 0 saturated heterocycles. The van der Waals surface area contributed by atoms with Crippen LogP contribution in [0.1, 0.15) is 24.5 Å². The molecule has 0 aliphatic rings. The van der Waals surface area contributed by atoms with Gasteiger partial charge in [-0.25, -0.2) is 8.42 Å². The zero-order valence-corrected chi connectivity index (χ0v) is 9.69. The first-order chi connectivity index (χ1) is 6.45. The standard InChI is InChI=1S/C11H16O2S/c1-4-5-10-7-6-9(2)8-11(10)14(3,12)13/h6-8H,4-5H2,1-3H3. The van der Waals surface area contributed by atoms with Gasteiger partial charge in [0.2, 0.25) is 0 Å². The second kappa shape index (κ2) is 4.13. The van der Waals surface area contributed by atoms with E-state index in [-0.39, 0.29) is 0 Å². The highest BCUT2D eigenvalue weighted by Crippen LogP contribution is 2.18. The van der Waals surface area contributed by atoms with Crippen molar-refractivity contribution in [2.24, 2.45) is 0 Å². The van der Waals surface area contributed by atoms with Gasteiger partial charge in [-0.15, -0.1) is 0 Å². The lowest BCUT2D eigenvalue weighted by molar-refractivity contribution is 0.600. The van der Waals surface area contributed by atoms with E-state index in [9.17, 15) is 8.42 Å². The van der Waals surface area contributed by atoms with Crippen LogP contribution in [-0.4, -0.2) is 14.7 Å². The van der Waals surface area contributed by atoms with Crippen LogP contribution in [0.15, 0.2) is 23.1 Å². The molecule has 0 aliphatic heterocycles. The molecular formula is C11H16O2S. The highest BCUT2D eigenvalue weighted by atomic mass is 32.2. The van der Waals surface area contributed by atoms with Gasteiger partial charge >= 0.3 is 0 Å². The van der Waals surface area contributed by atoms with E-state index in [0.29, 0.717) is 4.90 Å². The monoisotopic (exact) mass is 212 g/mol. The van der Waals surface area contributed by atoms with Gasteiger partial charge in [-0.2, -0.15) is 0 Å². The summed E-state index contributed by atoms with van der Waals surface area (Å²) in [5.41, 5.74) is 1.92. The van der Waals surface area contributed by atoms with Crippen molar-refractivity contribution >= 4 is 9.84 Å². The average molecular weight is 212 g/mol. The lowest BCUT2D eigenvalue weighted by atomic mass is 10.1. The number of sulfone groups is 1. The Morgan fingerprint density at radius 2 is 1.93 bits per heavy atom. The summed E-state index contributed by atoms with van der Waals surface area (Å²) in [5.74, 6) is 0. The largest absolute Gasteiger partial charge is 0.224 e. The lowest BCUT2D eigenvalue weighted by Gasteiger charge is -2.07. The van der Waals surface area contributed by atoms with E-state index < -0.39 is 9.84 Å². The van der Waals surface area contributed by atoms with E-state index in [0.717, 1.165) is 24.0 Å². The number of aryl methyl sites for hydroxylation is 2. The second-order valence-electron chi connectivity index (χ2n) is 3.63. The Kier molecular flexibility index (Phi) is 3.32. The molecule has 0 amide bonds. The third kappa shape index (κ3) is 2.58. The molecule has 0 N–H and O–H groups in total. The molecule has 0 unspecified atom stereocenters. The van der Waals surface area contributed by atoms with Crippen molar-refractivity contribution in [2.75, 3.05) is 6.26 Å². The molecule has 3 heteroatoms. The summed E-state index contributed by atoms with van der Waals surface area (Å²) in [5, 5.41) is 0. The van der Waals surface area contributed by atoms with Crippen molar-refractivity contribution in [1.29, 1.82) is 0 Å². The Labute approximate surface area is 85.9 Å². The van der Waals surface area contributed by atoms with Crippen LogP contribution < -0.4 is 0 Å². The maximum absolute atomic E-state index is 11.5. The van der Waals surface area contributed by atoms with Crippen LogP contribution in [0.4, 0.5) is 0 Å².